The first kappa shape index (κ1) is 29.6. The van der Waals surface area contributed by atoms with E-state index in [2.05, 4.69) is 46.5 Å². The maximum Gasteiger partial charge on any atom is 0.283 e. The molecule has 0 saturated heterocycles. The Morgan fingerprint density at radius 2 is 1.74 bits per heavy atom. The molecule has 0 spiro atoms. The quantitative estimate of drug-likeness (QED) is 0.139. The summed E-state index contributed by atoms with van der Waals surface area (Å²) in [5, 5.41) is 15.5. The van der Waals surface area contributed by atoms with Crippen molar-refractivity contribution in [3.05, 3.63) is 86.5 Å². The monoisotopic (exact) mass is 696 g/mol. The van der Waals surface area contributed by atoms with Crippen LogP contribution in [0, 0.1) is 22.8 Å². The third-order valence-corrected chi connectivity index (χ3v) is 8.00. The van der Waals surface area contributed by atoms with Crippen LogP contribution in [0.25, 0.3) is 6.08 Å². The molecule has 42 heavy (non-hydrogen) atoms. The van der Waals surface area contributed by atoms with Crippen molar-refractivity contribution in [1.29, 1.82) is 5.41 Å². The average molecular weight is 697 g/mol. The van der Waals surface area contributed by atoms with Crippen LogP contribution < -0.4 is 18.9 Å². The molecule has 11 heteroatoms. The van der Waals surface area contributed by atoms with Gasteiger partial charge in [0.25, 0.3) is 5.91 Å². The van der Waals surface area contributed by atoms with E-state index >= 15 is 0 Å². The number of carbonyl (C=O) groups excluding carboxylic acids is 1. The van der Waals surface area contributed by atoms with Gasteiger partial charge in [-0.3, -0.25) is 10.2 Å². The number of aliphatic imine (C=N–C) groups is 1. The van der Waals surface area contributed by atoms with Crippen LogP contribution in [-0.2, 0) is 4.79 Å². The number of aryl methyl sites for hydroxylation is 2. The highest BCUT2D eigenvalue weighted by Crippen LogP contribution is 2.36. The van der Waals surface area contributed by atoms with E-state index in [1.54, 1.807) is 12.1 Å². The molecular weight excluding hydrogens is 667 g/mol. The molecule has 1 N–H and O–H groups in total. The molecule has 0 radical (unpaired) electrons. The second kappa shape index (κ2) is 13.4. The maximum absolute atomic E-state index is 12.9. The van der Waals surface area contributed by atoms with Gasteiger partial charge in [0.1, 0.15) is 36.4 Å². The minimum Gasteiger partial charge on any atom is -0.490 e. The van der Waals surface area contributed by atoms with Crippen molar-refractivity contribution in [2.45, 2.75) is 20.8 Å². The van der Waals surface area contributed by atoms with Crippen LogP contribution in [0.1, 0.15) is 23.6 Å². The van der Waals surface area contributed by atoms with E-state index in [0.717, 1.165) is 9.32 Å². The number of benzene rings is 3. The van der Waals surface area contributed by atoms with Gasteiger partial charge in [0, 0.05) is 0 Å². The van der Waals surface area contributed by atoms with E-state index in [1.807, 2.05) is 61.5 Å². The Hall–Kier alpha value is -3.84. The lowest BCUT2D eigenvalue weighted by Crippen LogP contribution is -2.35. The number of para-hydroxylation sites is 1. The summed E-state index contributed by atoms with van der Waals surface area (Å²) in [5.41, 5.74) is 3.19. The average Bonchev–Trinajstić information content (AvgIpc) is 3.39. The maximum atomic E-state index is 12.9. The molecule has 2 aliphatic rings. The molecule has 0 aromatic heterocycles. The number of amides is 1. The first-order valence-corrected chi connectivity index (χ1v) is 15.2. The highest BCUT2D eigenvalue weighted by molar-refractivity contribution is 14.1. The molecular formula is C31H29IN4O5S. The van der Waals surface area contributed by atoms with Crippen molar-refractivity contribution in [2.75, 3.05) is 26.4 Å². The number of ether oxygens (including phenoxy) is 4. The Kier molecular flexibility index (Phi) is 9.48. The zero-order chi connectivity index (χ0) is 29.6. The number of thioether (sulfide) groups is 1. The van der Waals surface area contributed by atoms with E-state index < -0.39 is 5.91 Å². The van der Waals surface area contributed by atoms with Gasteiger partial charge in [-0.25, -0.2) is 0 Å². The van der Waals surface area contributed by atoms with Gasteiger partial charge >= 0.3 is 0 Å². The molecule has 0 fully saturated rings. The van der Waals surface area contributed by atoms with Gasteiger partial charge in [-0.05, 0) is 114 Å². The van der Waals surface area contributed by atoms with E-state index in [1.165, 1.54) is 27.9 Å². The first-order chi connectivity index (χ1) is 20.3. The lowest BCUT2D eigenvalue weighted by Gasteiger charge is -2.20. The Bertz CT molecular complexity index is 1610. The number of hydrazone groups is 1. The number of rotatable bonds is 11. The van der Waals surface area contributed by atoms with E-state index in [0.29, 0.717) is 52.8 Å². The normalized spacial score (nSPS) is 15.3. The molecule has 2 aliphatic heterocycles. The topological polar surface area (TPSA) is 106 Å². The summed E-state index contributed by atoms with van der Waals surface area (Å²) >= 11 is 3.39. The van der Waals surface area contributed by atoms with Gasteiger partial charge in [0.05, 0.1) is 15.8 Å². The van der Waals surface area contributed by atoms with Crippen molar-refractivity contribution in [1.82, 2.24) is 5.01 Å². The number of amidine groups is 2. The van der Waals surface area contributed by atoms with E-state index in [4.69, 9.17) is 24.4 Å². The van der Waals surface area contributed by atoms with Crippen LogP contribution in [0.5, 0.6) is 23.0 Å². The third-order valence-electron chi connectivity index (χ3n) is 6.32. The summed E-state index contributed by atoms with van der Waals surface area (Å²) in [6.07, 6.45) is 1.63. The highest BCUT2D eigenvalue weighted by atomic mass is 127. The summed E-state index contributed by atoms with van der Waals surface area (Å²) < 4.78 is 24.4. The summed E-state index contributed by atoms with van der Waals surface area (Å²) in [6, 6.07) is 19.0. The summed E-state index contributed by atoms with van der Waals surface area (Å²) in [4.78, 5) is 17.1. The number of hydrogen-bond acceptors (Lipinski definition) is 8. The lowest BCUT2D eigenvalue weighted by molar-refractivity contribution is -0.114. The Labute approximate surface area is 262 Å². The van der Waals surface area contributed by atoms with Crippen molar-refractivity contribution in [2.24, 2.45) is 10.1 Å². The molecule has 9 nitrogen and oxygen atoms in total. The fourth-order valence-electron chi connectivity index (χ4n) is 4.10. The number of carbonyl (C=O) groups is 1. The van der Waals surface area contributed by atoms with Crippen LogP contribution in [0.2, 0.25) is 0 Å². The van der Waals surface area contributed by atoms with Crippen molar-refractivity contribution in [3.63, 3.8) is 0 Å². The van der Waals surface area contributed by atoms with Crippen LogP contribution in [0.4, 0.5) is 0 Å². The molecule has 3 aromatic carbocycles. The third kappa shape index (κ3) is 6.96. The number of hydrogen-bond donors (Lipinski definition) is 1. The molecule has 1 amide bonds. The van der Waals surface area contributed by atoms with Crippen molar-refractivity contribution < 1.29 is 23.7 Å². The van der Waals surface area contributed by atoms with Gasteiger partial charge in [0.15, 0.2) is 17.3 Å². The molecule has 0 bridgehead atoms. The van der Waals surface area contributed by atoms with Crippen LogP contribution in [0.15, 0.2) is 76.3 Å². The summed E-state index contributed by atoms with van der Waals surface area (Å²) in [7, 11) is 0. The predicted octanol–water partition coefficient (Wildman–Crippen LogP) is 6.46. The molecule has 0 aliphatic carbocycles. The van der Waals surface area contributed by atoms with E-state index in [-0.39, 0.29) is 18.0 Å². The molecule has 216 valence electrons. The highest BCUT2D eigenvalue weighted by Gasteiger charge is 2.36. The van der Waals surface area contributed by atoms with Gasteiger partial charge in [-0.2, -0.15) is 15.1 Å². The van der Waals surface area contributed by atoms with Gasteiger partial charge < -0.3 is 18.9 Å². The fourth-order valence-corrected chi connectivity index (χ4v) is 5.68. The van der Waals surface area contributed by atoms with Crippen LogP contribution >= 0.6 is 34.4 Å². The van der Waals surface area contributed by atoms with E-state index in [9.17, 15) is 4.79 Å². The second-order valence-electron chi connectivity index (χ2n) is 9.32. The minimum absolute atomic E-state index is 0.0519. The number of fused-ring (bicyclic) bond motifs is 1. The van der Waals surface area contributed by atoms with Crippen LogP contribution in [0.3, 0.4) is 0 Å². The van der Waals surface area contributed by atoms with Crippen molar-refractivity contribution in [3.8, 4) is 23.0 Å². The first-order valence-electron chi connectivity index (χ1n) is 13.3. The number of nitrogens with zero attached hydrogens (tertiary/aromatic N) is 3. The lowest BCUT2D eigenvalue weighted by atomic mass is 10.1. The molecule has 5 rings (SSSR count). The van der Waals surface area contributed by atoms with Crippen LogP contribution in [-0.4, -0.2) is 53.4 Å². The Morgan fingerprint density at radius 3 is 2.50 bits per heavy atom. The zero-order valence-corrected chi connectivity index (χ0v) is 26.3. The smallest absolute Gasteiger partial charge is 0.283 e. The summed E-state index contributed by atoms with van der Waals surface area (Å²) in [5.74, 6) is 2.08. The summed E-state index contributed by atoms with van der Waals surface area (Å²) in [6.45, 7) is 7.34. The number of halogens is 1. The number of nitrogens with one attached hydrogen (secondary N) is 1. The molecule has 3 aromatic rings. The Balaban J connectivity index is 1.28. The second-order valence-corrected chi connectivity index (χ2v) is 11.5. The largest absolute Gasteiger partial charge is 0.490 e. The molecule has 0 unspecified atom stereocenters. The Morgan fingerprint density at radius 1 is 0.952 bits per heavy atom. The predicted molar refractivity (Wildman–Crippen MR) is 174 cm³/mol. The van der Waals surface area contributed by atoms with Gasteiger partial charge in [0.2, 0.25) is 5.17 Å². The SMILES string of the molecule is CCOc1cc(/C=C2/C(=N)N3N=C(COc4ccccc4)SC3=NC2=O)cc(I)c1OCCOc1ccc(C)c(C)c1. The van der Waals surface area contributed by atoms with Gasteiger partial charge in [-0.1, -0.05) is 24.3 Å². The standard InChI is InChI=1S/C31H29IN4O5S/c1-4-38-26-17-21(16-25(32)28(26)40-13-12-39-23-11-10-19(2)20(3)14-23)15-24-29(33)36-31(34-30(24)37)42-27(35-36)18-41-22-8-6-5-7-9-22/h5-11,14-17,33H,4,12-13,18H2,1-3H3/b24-15-,33-29?. The molecule has 2 heterocycles. The van der Waals surface area contributed by atoms with Crippen molar-refractivity contribution >= 4 is 62.4 Å². The molecule has 0 atom stereocenters. The minimum atomic E-state index is -0.504. The van der Waals surface area contributed by atoms with Gasteiger partial charge in [-0.15, -0.1) is 0 Å². The molecule has 0 saturated carbocycles. The zero-order valence-electron chi connectivity index (χ0n) is 23.3. The fraction of sp³-hybridized carbons (Fsp3) is 0.226.